The molecule has 1 aromatic heterocycles. The molecular weight excluding hydrogens is 358 g/mol. The van der Waals surface area contributed by atoms with E-state index in [2.05, 4.69) is 19.9 Å². The van der Waals surface area contributed by atoms with Crippen LogP contribution in [0, 0.1) is 0 Å². The molecule has 0 spiro atoms. The highest BCUT2D eigenvalue weighted by Crippen LogP contribution is 2.36. The van der Waals surface area contributed by atoms with Gasteiger partial charge in [-0.2, -0.15) is 0 Å². The van der Waals surface area contributed by atoms with Gasteiger partial charge in [-0.05, 0) is 17.5 Å². The molecule has 4 heteroatoms. The van der Waals surface area contributed by atoms with Crippen molar-refractivity contribution in [3.8, 4) is 39.9 Å². The van der Waals surface area contributed by atoms with Crippen LogP contribution in [-0.4, -0.2) is 22.1 Å². The SMILES string of the molecule is COc1c(-c2nc(-c3ccccc3)nc(-c3ccccc3)n2)cccc1C(C)C. The third kappa shape index (κ3) is 3.87. The number of aromatic nitrogens is 3. The monoisotopic (exact) mass is 381 g/mol. The fourth-order valence-corrected chi connectivity index (χ4v) is 3.34. The Labute approximate surface area is 171 Å². The minimum absolute atomic E-state index is 0.328. The second-order valence-electron chi connectivity index (χ2n) is 7.12. The number of hydrogen-bond donors (Lipinski definition) is 0. The predicted octanol–water partition coefficient (Wildman–Crippen LogP) is 6.00. The van der Waals surface area contributed by atoms with Gasteiger partial charge in [0.2, 0.25) is 0 Å². The van der Waals surface area contributed by atoms with E-state index in [4.69, 9.17) is 19.7 Å². The fourth-order valence-electron chi connectivity index (χ4n) is 3.34. The first kappa shape index (κ1) is 18.8. The summed E-state index contributed by atoms with van der Waals surface area (Å²) in [4.78, 5) is 14.4. The lowest BCUT2D eigenvalue weighted by atomic mass is 9.98. The van der Waals surface area contributed by atoms with Crippen LogP contribution in [0.2, 0.25) is 0 Å². The lowest BCUT2D eigenvalue weighted by molar-refractivity contribution is 0.409. The van der Waals surface area contributed by atoms with Gasteiger partial charge in [-0.25, -0.2) is 15.0 Å². The van der Waals surface area contributed by atoms with Gasteiger partial charge in [0.1, 0.15) is 5.75 Å². The minimum atomic E-state index is 0.328. The molecule has 1 heterocycles. The van der Waals surface area contributed by atoms with Gasteiger partial charge in [0.05, 0.1) is 12.7 Å². The summed E-state index contributed by atoms with van der Waals surface area (Å²) in [5, 5.41) is 0. The Morgan fingerprint density at radius 3 is 1.62 bits per heavy atom. The molecular formula is C25H23N3O. The summed E-state index contributed by atoms with van der Waals surface area (Å²) in [6.07, 6.45) is 0. The number of methoxy groups -OCH3 is 1. The zero-order chi connectivity index (χ0) is 20.2. The molecule has 0 bridgehead atoms. The number of benzene rings is 3. The molecule has 0 saturated carbocycles. The summed E-state index contributed by atoms with van der Waals surface area (Å²) in [6, 6.07) is 26.1. The number of hydrogen-bond acceptors (Lipinski definition) is 4. The van der Waals surface area contributed by atoms with E-state index in [1.807, 2.05) is 72.8 Å². The van der Waals surface area contributed by atoms with E-state index in [0.717, 1.165) is 28.0 Å². The maximum Gasteiger partial charge on any atom is 0.167 e. The van der Waals surface area contributed by atoms with Crippen molar-refractivity contribution < 1.29 is 4.74 Å². The van der Waals surface area contributed by atoms with Crippen molar-refractivity contribution in [1.29, 1.82) is 0 Å². The first-order chi connectivity index (χ1) is 14.2. The second kappa shape index (κ2) is 8.23. The van der Waals surface area contributed by atoms with Crippen molar-refractivity contribution in [2.75, 3.05) is 7.11 Å². The fraction of sp³-hybridized carbons (Fsp3) is 0.160. The summed E-state index contributed by atoms with van der Waals surface area (Å²) in [7, 11) is 1.70. The van der Waals surface area contributed by atoms with E-state index in [1.54, 1.807) is 7.11 Å². The van der Waals surface area contributed by atoms with E-state index in [1.165, 1.54) is 0 Å². The zero-order valence-corrected chi connectivity index (χ0v) is 16.8. The molecule has 4 nitrogen and oxygen atoms in total. The first-order valence-electron chi connectivity index (χ1n) is 9.71. The lowest BCUT2D eigenvalue weighted by Crippen LogP contribution is -2.03. The lowest BCUT2D eigenvalue weighted by Gasteiger charge is -2.16. The van der Waals surface area contributed by atoms with Gasteiger partial charge >= 0.3 is 0 Å². The Morgan fingerprint density at radius 1 is 0.621 bits per heavy atom. The highest BCUT2D eigenvalue weighted by molar-refractivity contribution is 5.71. The zero-order valence-electron chi connectivity index (χ0n) is 16.8. The van der Waals surface area contributed by atoms with E-state index < -0.39 is 0 Å². The molecule has 0 atom stereocenters. The van der Waals surface area contributed by atoms with E-state index in [-0.39, 0.29) is 0 Å². The molecule has 4 rings (SSSR count). The molecule has 0 aliphatic rings. The summed E-state index contributed by atoms with van der Waals surface area (Å²) < 4.78 is 5.78. The maximum atomic E-state index is 5.78. The molecule has 0 aliphatic carbocycles. The van der Waals surface area contributed by atoms with Gasteiger partial charge in [-0.3, -0.25) is 0 Å². The molecule has 144 valence electrons. The smallest absolute Gasteiger partial charge is 0.167 e. The summed E-state index contributed by atoms with van der Waals surface area (Å²) in [5.41, 5.74) is 3.91. The molecule has 29 heavy (non-hydrogen) atoms. The molecule has 0 saturated heterocycles. The van der Waals surface area contributed by atoms with Gasteiger partial charge in [0.15, 0.2) is 17.5 Å². The van der Waals surface area contributed by atoms with Gasteiger partial charge in [0, 0.05) is 11.1 Å². The van der Waals surface area contributed by atoms with Crippen LogP contribution >= 0.6 is 0 Å². The Morgan fingerprint density at radius 2 is 1.14 bits per heavy atom. The molecule has 0 N–H and O–H groups in total. The standard InChI is InChI=1S/C25H23N3O/c1-17(2)20-15-10-16-21(22(20)29-3)25-27-23(18-11-6-4-7-12-18)26-24(28-25)19-13-8-5-9-14-19/h4-17H,1-3H3. The van der Waals surface area contributed by atoms with E-state index >= 15 is 0 Å². The number of nitrogens with zero attached hydrogens (tertiary/aromatic N) is 3. The van der Waals surface area contributed by atoms with Crippen LogP contribution < -0.4 is 4.74 Å². The van der Waals surface area contributed by atoms with Gasteiger partial charge in [-0.1, -0.05) is 86.6 Å². The minimum Gasteiger partial charge on any atom is -0.496 e. The van der Waals surface area contributed by atoms with Crippen molar-refractivity contribution in [2.45, 2.75) is 19.8 Å². The molecule has 0 radical (unpaired) electrons. The van der Waals surface area contributed by atoms with Gasteiger partial charge in [-0.15, -0.1) is 0 Å². The summed E-state index contributed by atoms with van der Waals surface area (Å²) >= 11 is 0. The number of ether oxygens (including phenoxy) is 1. The largest absolute Gasteiger partial charge is 0.496 e. The van der Waals surface area contributed by atoms with Crippen LogP contribution in [0.5, 0.6) is 5.75 Å². The van der Waals surface area contributed by atoms with Crippen molar-refractivity contribution in [3.63, 3.8) is 0 Å². The van der Waals surface area contributed by atoms with Crippen molar-refractivity contribution in [2.24, 2.45) is 0 Å². The van der Waals surface area contributed by atoms with Crippen LogP contribution in [0.4, 0.5) is 0 Å². The van der Waals surface area contributed by atoms with E-state index in [0.29, 0.717) is 23.4 Å². The average molecular weight is 381 g/mol. The Balaban J connectivity index is 1.96. The van der Waals surface area contributed by atoms with Gasteiger partial charge in [0.25, 0.3) is 0 Å². The van der Waals surface area contributed by atoms with Crippen LogP contribution in [0.3, 0.4) is 0 Å². The van der Waals surface area contributed by atoms with Crippen LogP contribution in [0.25, 0.3) is 34.2 Å². The van der Waals surface area contributed by atoms with E-state index in [9.17, 15) is 0 Å². The second-order valence-corrected chi connectivity index (χ2v) is 7.12. The molecule has 4 aromatic rings. The van der Waals surface area contributed by atoms with Crippen molar-refractivity contribution >= 4 is 0 Å². The normalized spacial score (nSPS) is 10.9. The number of rotatable bonds is 5. The predicted molar refractivity (Wildman–Crippen MR) is 117 cm³/mol. The molecule has 3 aromatic carbocycles. The topological polar surface area (TPSA) is 47.9 Å². The van der Waals surface area contributed by atoms with Gasteiger partial charge < -0.3 is 4.74 Å². The molecule has 0 unspecified atom stereocenters. The third-order valence-electron chi connectivity index (χ3n) is 4.81. The van der Waals surface area contributed by atoms with Crippen molar-refractivity contribution in [1.82, 2.24) is 15.0 Å². The Kier molecular flexibility index (Phi) is 5.34. The maximum absolute atomic E-state index is 5.78. The van der Waals surface area contributed by atoms with Crippen molar-refractivity contribution in [3.05, 3.63) is 84.4 Å². The number of para-hydroxylation sites is 1. The highest BCUT2D eigenvalue weighted by atomic mass is 16.5. The quantitative estimate of drug-likeness (QED) is 0.425. The van der Waals surface area contributed by atoms with Crippen LogP contribution in [0.1, 0.15) is 25.3 Å². The Hall–Kier alpha value is -3.53. The Bertz CT molecular complexity index is 1050. The third-order valence-corrected chi connectivity index (χ3v) is 4.81. The summed E-state index contributed by atoms with van der Waals surface area (Å²) in [6.45, 7) is 4.31. The van der Waals surface area contributed by atoms with Crippen LogP contribution in [0.15, 0.2) is 78.9 Å². The molecule has 0 fully saturated rings. The molecule has 0 amide bonds. The van der Waals surface area contributed by atoms with Crippen LogP contribution in [-0.2, 0) is 0 Å². The first-order valence-corrected chi connectivity index (χ1v) is 9.71. The molecule has 0 aliphatic heterocycles. The highest BCUT2D eigenvalue weighted by Gasteiger charge is 2.18. The average Bonchev–Trinajstić information content (AvgIpc) is 2.79. The summed E-state index contributed by atoms with van der Waals surface area (Å²) in [5.74, 6) is 3.04.